The highest BCUT2D eigenvalue weighted by atomic mass is 15.2. The van der Waals surface area contributed by atoms with Gasteiger partial charge in [0.1, 0.15) is 0 Å². The van der Waals surface area contributed by atoms with E-state index in [4.69, 9.17) is 0 Å². The lowest BCUT2D eigenvalue weighted by Crippen LogP contribution is -2.44. The number of nitrogens with one attached hydrogen (secondary N) is 1. The second-order valence-electron chi connectivity index (χ2n) is 4.83. The topological polar surface area (TPSA) is 15.3 Å². The molecule has 0 saturated heterocycles. The molecule has 2 heteroatoms. The average Bonchev–Trinajstić information content (AvgIpc) is 2.24. The van der Waals surface area contributed by atoms with Crippen molar-refractivity contribution in [3.8, 4) is 0 Å². The van der Waals surface area contributed by atoms with E-state index in [9.17, 15) is 0 Å². The van der Waals surface area contributed by atoms with Crippen molar-refractivity contribution in [3.63, 3.8) is 0 Å². The number of rotatable bonds is 10. The highest BCUT2D eigenvalue weighted by molar-refractivity contribution is 4.76. The normalized spacial score (nSPS) is 13.4. The van der Waals surface area contributed by atoms with E-state index in [1.165, 1.54) is 25.8 Å². The molecule has 0 heterocycles. The highest BCUT2D eigenvalue weighted by Gasteiger charge is 2.15. The van der Waals surface area contributed by atoms with Crippen molar-refractivity contribution >= 4 is 0 Å². The molecule has 1 unspecified atom stereocenters. The summed E-state index contributed by atoms with van der Waals surface area (Å²) in [4.78, 5) is 2.59. The van der Waals surface area contributed by atoms with E-state index in [0.717, 1.165) is 13.1 Å². The van der Waals surface area contributed by atoms with E-state index in [2.05, 4.69) is 44.5 Å². The third-order valence-electron chi connectivity index (χ3n) is 2.98. The van der Waals surface area contributed by atoms with Crippen LogP contribution in [0.1, 0.15) is 47.0 Å². The third kappa shape index (κ3) is 7.02. The molecule has 1 N–H and O–H groups in total. The van der Waals surface area contributed by atoms with Gasteiger partial charge in [-0.15, -0.1) is 6.58 Å². The van der Waals surface area contributed by atoms with E-state index in [-0.39, 0.29) is 0 Å². The number of hydrogen-bond donors (Lipinski definition) is 1. The Hall–Kier alpha value is -0.340. The van der Waals surface area contributed by atoms with Gasteiger partial charge in [0.2, 0.25) is 0 Å². The Morgan fingerprint density at radius 3 is 2.44 bits per heavy atom. The average molecular weight is 226 g/mol. The molecule has 16 heavy (non-hydrogen) atoms. The van der Waals surface area contributed by atoms with Crippen LogP contribution in [0.15, 0.2) is 12.7 Å². The van der Waals surface area contributed by atoms with E-state index in [1.54, 1.807) is 0 Å². The number of hydrogen-bond acceptors (Lipinski definition) is 2. The van der Waals surface area contributed by atoms with Gasteiger partial charge in [-0.05, 0) is 33.7 Å². The second-order valence-corrected chi connectivity index (χ2v) is 4.83. The first kappa shape index (κ1) is 15.7. The van der Waals surface area contributed by atoms with Gasteiger partial charge in [0, 0.05) is 25.2 Å². The largest absolute Gasteiger partial charge is 0.312 e. The van der Waals surface area contributed by atoms with Gasteiger partial charge in [0.05, 0.1) is 0 Å². The molecule has 0 amide bonds. The molecule has 0 aromatic heterocycles. The minimum Gasteiger partial charge on any atom is -0.312 e. The van der Waals surface area contributed by atoms with Gasteiger partial charge >= 0.3 is 0 Å². The molecule has 0 aliphatic carbocycles. The Kier molecular flexibility index (Phi) is 9.65. The number of unbranched alkanes of at least 4 members (excludes halogenated alkanes) is 2. The third-order valence-corrected chi connectivity index (χ3v) is 2.98. The van der Waals surface area contributed by atoms with Gasteiger partial charge in [-0.1, -0.05) is 25.8 Å². The van der Waals surface area contributed by atoms with Crippen molar-refractivity contribution in [3.05, 3.63) is 12.7 Å². The quantitative estimate of drug-likeness (QED) is 0.455. The van der Waals surface area contributed by atoms with Crippen molar-refractivity contribution in [1.29, 1.82) is 0 Å². The molecule has 0 aliphatic rings. The molecule has 96 valence electrons. The fraction of sp³-hybridized carbons (Fsp3) is 0.857. The maximum absolute atomic E-state index is 3.72. The standard InChI is InChI=1S/C14H30N2/c1-6-8-9-11-16(13(3)4)14(5)12-15-10-7-2/h7,13-15H,2,6,8-12H2,1,3-5H3. The molecular formula is C14H30N2. The van der Waals surface area contributed by atoms with Gasteiger partial charge < -0.3 is 5.32 Å². The molecule has 0 rings (SSSR count). The first-order valence-corrected chi connectivity index (χ1v) is 6.70. The van der Waals surface area contributed by atoms with Crippen LogP contribution in [0.2, 0.25) is 0 Å². The van der Waals surface area contributed by atoms with Gasteiger partial charge in [0.15, 0.2) is 0 Å². The van der Waals surface area contributed by atoms with Gasteiger partial charge in [-0.3, -0.25) is 4.90 Å². The Morgan fingerprint density at radius 1 is 1.25 bits per heavy atom. The smallest absolute Gasteiger partial charge is 0.0195 e. The summed E-state index contributed by atoms with van der Waals surface area (Å²) in [7, 11) is 0. The Balaban J connectivity index is 3.92. The predicted octanol–water partition coefficient (Wildman–Crippen LogP) is 3.05. The summed E-state index contributed by atoms with van der Waals surface area (Å²) in [5.41, 5.74) is 0. The molecule has 0 fully saturated rings. The molecule has 0 aliphatic heterocycles. The molecule has 0 aromatic rings. The zero-order chi connectivity index (χ0) is 12.4. The highest BCUT2D eigenvalue weighted by Crippen LogP contribution is 2.07. The van der Waals surface area contributed by atoms with Gasteiger partial charge in [-0.2, -0.15) is 0 Å². The fourth-order valence-electron chi connectivity index (χ4n) is 2.04. The fourth-order valence-corrected chi connectivity index (χ4v) is 2.04. The summed E-state index contributed by atoms with van der Waals surface area (Å²) in [5.74, 6) is 0. The van der Waals surface area contributed by atoms with E-state index < -0.39 is 0 Å². The zero-order valence-corrected chi connectivity index (χ0v) is 11.6. The lowest BCUT2D eigenvalue weighted by Gasteiger charge is -2.33. The maximum Gasteiger partial charge on any atom is 0.0195 e. The van der Waals surface area contributed by atoms with Crippen LogP contribution in [0.25, 0.3) is 0 Å². The van der Waals surface area contributed by atoms with Crippen molar-refractivity contribution in [2.24, 2.45) is 0 Å². The van der Waals surface area contributed by atoms with Crippen LogP contribution in [0.5, 0.6) is 0 Å². The summed E-state index contributed by atoms with van der Waals surface area (Å²) in [5, 5.41) is 3.40. The molecule has 0 radical (unpaired) electrons. The van der Waals surface area contributed by atoms with Crippen LogP contribution >= 0.6 is 0 Å². The Labute approximate surface area is 102 Å². The summed E-state index contributed by atoms with van der Waals surface area (Å²) in [6.45, 7) is 16.0. The molecule has 0 spiro atoms. The molecule has 0 saturated carbocycles. The van der Waals surface area contributed by atoms with Crippen molar-refractivity contribution in [2.45, 2.75) is 59.0 Å². The van der Waals surface area contributed by atoms with Crippen LogP contribution in [-0.2, 0) is 0 Å². The Morgan fingerprint density at radius 2 is 1.94 bits per heavy atom. The predicted molar refractivity (Wildman–Crippen MR) is 73.9 cm³/mol. The van der Waals surface area contributed by atoms with Crippen LogP contribution in [0.3, 0.4) is 0 Å². The van der Waals surface area contributed by atoms with Crippen LogP contribution in [0.4, 0.5) is 0 Å². The van der Waals surface area contributed by atoms with Crippen LogP contribution < -0.4 is 5.32 Å². The summed E-state index contributed by atoms with van der Waals surface area (Å²) < 4.78 is 0. The molecule has 1 atom stereocenters. The summed E-state index contributed by atoms with van der Waals surface area (Å²) in [6, 6.07) is 1.24. The first-order chi connectivity index (χ1) is 7.63. The SMILES string of the molecule is C=CCNCC(C)N(CCCCC)C(C)C. The maximum atomic E-state index is 3.72. The molecular weight excluding hydrogens is 196 g/mol. The van der Waals surface area contributed by atoms with E-state index in [0.29, 0.717) is 12.1 Å². The first-order valence-electron chi connectivity index (χ1n) is 6.70. The zero-order valence-electron chi connectivity index (χ0n) is 11.6. The molecule has 2 nitrogen and oxygen atoms in total. The minimum atomic E-state index is 0.608. The summed E-state index contributed by atoms with van der Waals surface area (Å²) in [6.07, 6.45) is 5.88. The van der Waals surface area contributed by atoms with Crippen molar-refractivity contribution in [2.75, 3.05) is 19.6 Å². The molecule has 0 bridgehead atoms. The summed E-state index contributed by atoms with van der Waals surface area (Å²) >= 11 is 0. The minimum absolute atomic E-state index is 0.608. The second kappa shape index (κ2) is 9.86. The van der Waals surface area contributed by atoms with Gasteiger partial charge in [-0.25, -0.2) is 0 Å². The monoisotopic (exact) mass is 226 g/mol. The lowest BCUT2D eigenvalue weighted by atomic mass is 10.1. The van der Waals surface area contributed by atoms with E-state index >= 15 is 0 Å². The number of nitrogens with zero attached hydrogens (tertiary/aromatic N) is 1. The van der Waals surface area contributed by atoms with Crippen LogP contribution in [-0.4, -0.2) is 36.6 Å². The van der Waals surface area contributed by atoms with Crippen molar-refractivity contribution in [1.82, 2.24) is 10.2 Å². The van der Waals surface area contributed by atoms with Crippen LogP contribution in [0, 0.1) is 0 Å². The van der Waals surface area contributed by atoms with Crippen molar-refractivity contribution < 1.29 is 0 Å². The molecule has 0 aromatic carbocycles. The van der Waals surface area contributed by atoms with E-state index in [1.807, 2.05) is 6.08 Å². The Bertz CT molecular complexity index is 166. The van der Waals surface area contributed by atoms with Gasteiger partial charge in [0.25, 0.3) is 0 Å². The lowest BCUT2D eigenvalue weighted by molar-refractivity contribution is 0.158.